The third kappa shape index (κ3) is 6.04. The molecule has 0 atom stereocenters. The fraction of sp³-hybridized carbons (Fsp3) is 0.158. The number of aromatic nitrogens is 3. The maximum absolute atomic E-state index is 13.0. The zero-order valence-electron chi connectivity index (χ0n) is 15.8. The summed E-state index contributed by atoms with van der Waals surface area (Å²) >= 11 is 1.18. The van der Waals surface area contributed by atoms with E-state index in [1.807, 2.05) is 0 Å². The average molecular weight is 414 g/mol. The lowest BCUT2D eigenvalue weighted by Crippen LogP contribution is -2.14. The van der Waals surface area contributed by atoms with E-state index in [4.69, 9.17) is 4.74 Å². The predicted octanol–water partition coefficient (Wildman–Crippen LogP) is 3.52. The number of carbonyl (C=O) groups is 1. The molecule has 0 aliphatic rings. The molecule has 8 nitrogen and oxygen atoms in total. The van der Waals surface area contributed by atoms with E-state index < -0.39 is 0 Å². The Morgan fingerprint density at radius 1 is 1.28 bits per heavy atom. The highest BCUT2D eigenvalue weighted by molar-refractivity contribution is 7.99. The van der Waals surface area contributed by atoms with Gasteiger partial charge in [0.05, 0.1) is 18.6 Å². The van der Waals surface area contributed by atoms with E-state index in [9.17, 15) is 9.18 Å². The van der Waals surface area contributed by atoms with Gasteiger partial charge >= 0.3 is 0 Å². The van der Waals surface area contributed by atoms with E-state index in [0.29, 0.717) is 28.3 Å². The van der Waals surface area contributed by atoms with Crippen molar-refractivity contribution < 1.29 is 13.9 Å². The molecular weight excluding hydrogens is 395 g/mol. The molecule has 10 heteroatoms. The Labute approximate surface area is 171 Å². The summed E-state index contributed by atoms with van der Waals surface area (Å²) in [7, 11) is 1.57. The second kappa shape index (κ2) is 9.69. The third-order valence-corrected chi connectivity index (χ3v) is 4.59. The highest BCUT2D eigenvalue weighted by Gasteiger charge is 2.08. The molecule has 0 saturated heterocycles. The maximum Gasteiger partial charge on any atom is 0.240 e. The number of H-pyrrole nitrogens is 1. The molecular formula is C19H19FN6O2S. The fourth-order valence-electron chi connectivity index (χ4n) is 2.28. The van der Waals surface area contributed by atoms with Crippen molar-refractivity contribution in [2.24, 2.45) is 5.10 Å². The summed E-state index contributed by atoms with van der Waals surface area (Å²) < 4.78 is 18.1. The van der Waals surface area contributed by atoms with E-state index in [1.54, 1.807) is 50.4 Å². The van der Waals surface area contributed by atoms with Crippen LogP contribution in [0.5, 0.6) is 5.75 Å². The van der Waals surface area contributed by atoms with Gasteiger partial charge in [-0.1, -0.05) is 30.0 Å². The molecule has 150 valence electrons. The van der Waals surface area contributed by atoms with Crippen LogP contribution in [-0.2, 0) is 4.79 Å². The number of ether oxygens (including phenoxy) is 1. The van der Waals surface area contributed by atoms with Gasteiger partial charge in [-0.3, -0.25) is 4.79 Å². The van der Waals surface area contributed by atoms with Gasteiger partial charge in [0, 0.05) is 11.8 Å². The van der Waals surface area contributed by atoms with Gasteiger partial charge in [-0.05, 0) is 36.8 Å². The van der Waals surface area contributed by atoms with Crippen molar-refractivity contribution in [3.05, 3.63) is 59.9 Å². The topological polar surface area (TPSA) is 104 Å². The first-order valence-corrected chi connectivity index (χ1v) is 9.57. The number of anilines is 2. The number of hydrogen-bond acceptors (Lipinski definition) is 7. The molecule has 2 aromatic carbocycles. The summed E-state index contributed by atoms with van der Waals surface area (Å²) in [6.45, 7) is 1.79. The van der Waals surface area contributed by atoms with Gasteiger partial charge in [-0.15, -0.1) is 5.10 Å². The number of hydrogen-bond donors (Lipinski definition) is 3. The highest BCUT2D eigenvalue weighted by atomic mass is 32.2. The van der Waals surface area contributed by atoms with Crippen LogP contribution in [0, 0.1) is 5.82 Å². The van der Waals surface area contributed by atoms with Gasteiger partial charge in [-0.2, -0.15) is 10.1 Å². The van der Waals surface area contributed by atoms with Crippen LogP contribution in [0.4, 0.5) is 16.0 Å². The number of aromatic amines is 1. The van der Waals surface area contributed by atoms with Gasteiger partial charge in [0.2, 0.25) is 17.0 Å². The molecule has 3 rings (SSSR count). The molecule has 0 radical (unpaired) electrons. The monoisotopic (exact) mass is 414 g/mol. The first kappa shape index (κ1) is 20.3. The second-order valence-electron chi connectivity index (χ2n) is 5.85. The molecule has 0 bridgehead atoms. The van der Waals surface area contributed by atoms with Gasteiger partial charge in [0.15, 0.2) is 0 Å². The number of rotatable bonds is 8. The first-order chi connectivity index (χ1) is 14.0. The van der Waals surface area contributed by atoms with Crippen LogP contribution in [0.3, 0.4) is 0 Å². The number of benzene rings is 2. The van der Waals surface area contributed by atoms with Gasteiger partial charge < -0.3 is 10.1 Å². The maximum atomic E-state index is 13.0. The lowest BCUT2D eigenvalue weighted by Gasteiger charge is -2.06. The second-order valence-corrected chi connectivity index (χ2v) is 6.79. The van der Waals surface area contributed by atoms with Crippen molar-refractivity contribution in [1.29, 1.82) is 0 Å². The van der Waals surface area contributed by atoms with E-state index in [-0.39, 0.29) is 17.5 Å². The minimum absolute atomic E-state index is 0.145. The average Bonchev–Trinajstić information content (AvgIpc) is 3.19. The number of thioether (sulfide) groups is 1. The summed E-state index contributed by atoms with van der Waals surface area (Å²) in [6, 6.07) is 13.1. The molecule has 0 unspecified atom stereocenters. The van der Waals surface area contributed by atoms with Gasteiger partial charge in [0.1, 0.15) is 11.6 Å². The molecule has 1 aromatic heterocycles. The normalized spacial score (nSPS) is 11.2. The molecule has 3 N–H and O–H groups in total. The predicted molar refractivity (Wildman–Crippen MR) is 111 cm³/mol. The van der Waals surface area contributed by atoms with Crippen molar-refractivity contribution >= 4 is 35.0 Å². The van der Waals surface area contributed by atoms with Crippen molar-refractivity contribution in [1.82, 2.24) is 15.2 Å². The summed E-state index contributed by atoms with van der Waals surface area (Å²) in [4.78, 5) is 16.3. The van der Waals surface area contributed by atoms with Crippen LogP contribution < -0.4 is 15.5 Å². The van der Waals surface area contributed by atoms with E-state index in [2.05, 4.69) is 31.0 Å². The number of halogens is 1. The van der Waals surface area contributed by atoms with Crippen LogP contribution in [0.1, 0.15) is 12.5 Å². The Morgan fingerprint density at radius 2 is 2.07 bits per heavy atom. The first-order valence-electron chi connectivity index (χ1n) is 8.59. The molecule has 0 aliphatic heterocycles. The van der Waals surface area contributed by atoms with Crippen molar-refractivity contribution in [2.75, 3.05) is 23.6 Å². The lowest BCUT2D eigenvalue weighted by atomic mass is 10.1. The minimum atomic E-state index is -0.304. The van der Waals surface area contributed by atoms with Crippen LogP contribution in [-0.4, -0.2) is 39.7 Å². The zero-order valence-corrected chi connectivity index (χ0v) is 16.6. The van der Waals surface area contributed by atoms with Crippen molar-refractivity contribution in [3.8, 4) is 5.75 Å². The van der Waals surface area contributed by atoms with E-state index in [0.717, 1.165) is 5.56 Å². The summed E-state index contributed by atoms with van der Waals surface area (Å²) in [6.07, 6.45) is 0. The Kier molecular flexibility index (Phi) is 6.80. The standard InChI is InChI=1S/C19H19FN6O2S/c1-12(13-6-8-14(20)9-7-13)23-24-18-22-19(26-25-18)29-11-17(27)21-15-4-3-5-16(10-15)28-2/h3-10H,11H2,1-2H3,(H,21,27)(H2,22,24,25,26)/b23-12+. The largest absolute Gasteiger partial charge is 0.497 e. The Balaban J connectivity index is 1.50. The molecule has 0 fully saturated rings. The van der Waals surface area contributed by atoms with Crippen LogP contribution in [0.15, 0.2) is 58.8 Å². The molecule has 1 heterocycles. The van der Waals surface area contributed by atoms with Gasteiger partial charge in [-0.25, -0.2) is 14.9 Å². The Morgan fingerprint density at radius 3 is 2.83 bits per heavy atom. The number of amides is 1. The third-order valence-electron chi connectivity index (χ3n) is 3.74. The Hall–Kier alpha value is -3.40. The number of carbonyl (C=O) groups excluding carboxylic acids is 1. The summed E-state index contributed by atoms with van der Waals surface area (Å²) in [5.41, 5.74) is 4.85. The number of nitrogens with zero attached hydrogens (tertiary/aromatic N) is 3. The SMILES string of the molecule is COc1cccc(NC(=O)CSc2n[nH]c(N/N=C(\C)c3ccc(F)cc3)n2)c1. The molecule has 29 heavy (non-hydrogen) atoms. The highest BCUT2D eigenvalue weighted by Crippen LogP contribution is 2.18. The lowest BCUT2D eigenvalue weighted by molar-refractivity contribution is -0.113. The van der Waals surface area contributed by atoms with Crippen LogP contribution in [0.2, 0.25) is 0 Å². The van der Waals surface area contributed by atoms with Gasteiger partial charge in [0.25, 0.3) is 0 Å². The van der Waals surface area contributed by atoms with Crippen LogP contribution in [0.25, 0.3) is 0 Å². The molecule has 0 spiro atoms. The van der Waals surface area contributed by atoms with Crippen molar-refractivity contribution in [3.63, 3.8) is 0 Å². The number of hydrazone groups is 1. The molecule has 1 amide bonds. The molecule has 3 aromatic rings. The zero-order chi connectivity index (χ0) is 20.6. The Bertz CT molecular complexity index is 1010. The summed E-state index contributed by atoms with van der Waals surface area (Å²) in [5.74, 6) is 0.653. The van der Waals surface area contributed by atoms with Crippen LogP contribution >= 0.6 is 11.8 Å². The smallest absolute Gasteiger partial charge is 0.240 e. The molecule has 0 aliphatic carbocycles. The minimum Gasteiger partial charge on any atom is -0.497 e. The van der Waals surface area contributed by atoms with E-state index >= 15 is 0 Å². The van der Waals surface area contributed by atoms with E-state index in [1.165, 1.54) is 23.9 Å². The number of methoxy groups -OCH3 is 1. The van der Waals surface area contributed by atoms with Crippen molar-refractivity contribution in [2.45, 2.75) is 12.1 Å². The molecule has 0 saturated carbocycles. The quantitative estimate of drug-likeness (QED) is 0.296. The summed E-state index contributed by atoms with van der Waals surface area (Å²) in [5, 5.41) is 14.1. The fourth-order valence-corrected chi connectivity index (χ4v) is 2.88. The number of nitrogens with one attached hydrogen (secondary N) is 3.